The largest absolute Gasteiger partial charge is 0.493 e. The molecule has 0 radical (unpaired) electrons. The van der Waals surface area contributed by atoms with E-state index in [0.717, 1.165) is 98.2 Å². The van der Waals surface area contributed by atoms with Crippen molar-refractivity contribution in [2.24, 2.45) is 5.73 Å². The standard InChI is InChI=1S/C24H27N7O4.C23H26N6O3/c1-33-20-12-18-19(13-21(20)34-10-2-5-30-6-8-31(9-7-30)24(25)32)28-15-29-23(18)35-17-11-16-3-4-26-22(16)27-14-17;1-30-20-12-18-19(13-21(20)31-10-2-7-29-8-5-24-6-9-29)27-15-28-23(18)32-17-11-16-3-4-25-22(16)26-14-17/h3-4,11-15H,2,5-10H2,1H3,(H2,25,32)(H,26,27);3-4,11-15,24H,2,5-10H2,1H3,(H,25,26). The molecular weight excluding hydrogens is 859 g/mol. The number of urea groups is 1. The molecule has 2 aromatic carbocycles. The summed E-state index contributed by atoms with van der Waals surface area (Å²) in [5, 5.41) is 6.74. The Morgan fingerprint density at radius 1 is 0.612 bits per heavy atom. The molecule has 0 unspecified atom stereocenters. The highest BCUT2D eigenvalue weighted by Gasteiger charge is 2.20. The molecule has 0 spiro atoms. The predicted octanol–water partition coefficient (Wildman–Crippen LogP) is 5.75. The smallest absolute Gasteiger partial charge is 0.314 e. The van der Waals surface area contributed by atoms with Gasteiger partial charge in [0.15, 0.2) is 23.0 Å². The van der Waals surface area contributed by atoms with Gasteiger partial charge in [0.05, 0.1) is 61.6 Å². The fourth-order valence-corrected chi connectivity index (χ4v) is 8.03. The Bertz CT molecular complexity index is 2930. The van der Waals surface area contributed by atoms with Crippen molar-refractivity contribution in [3.05, 3.63) is 86.0 Å². The summed E-state index contributed by atoms with van der Waals surface area (Å²) in [6.45, 7) is 10.3. The number of aromatic nitrogens is 8. The average molecular weight is 912 g/mol. The number of aromatic amines is 2. The van der Waals surface area contributed by atoms with Gasteiger partial charge in [-0.2, -0.15) is 0 Å². The molecule has 8 heterocycles. The number of nitrogens with one attached hydrogen (secondary N) is 3. The second-order valence-electron chi connectivity index (χ2n) is 15.9. The van der Waals surface area contributed by atoms with Crippen LogP contribution in [-0.4, -0.2) is 153 Å². The van der Waals surface area contributed by atoms with E-state index in [9.17, 15) is 4.79 Å². The molecule has 10 rings (SSSR count). The van der Waals surface area contributed by atoms with Crippen LogP contribution < -0.4 is 39.5 Å². The first kappa shape index (κ1) is 44.6. The minimum Gasteiger partial charge on any atom is -0.493 e. The summed E-state index contributed by atoms with van der Waals surface area (Å²) in [7, 11) is 3.23. The molecule has 348 valence electrons. The number of ether oxygens (including phenoxy) is 6. The average Bonchev–Trinajstić information content (AvgIpc) is 4.04. The first-order chi connectivity index (χ1) is 32.9. The Morgan fingerprint density at radius 3 is 1.58 bits per heavy atom. The van der Waals surface area contributed by atoms with Gasteiger partial charge in [0, 0.05) is 101 Å². The van der Waals surface area contributed by atoms with Gasteiger partial charge in [-0.1, -0.05) is 0 Å². The van der Waals surface area contributed by atoms with Crippen LogP contribution in [0.2, 0.25) is 0 Å². The quantitative estimate of drug-likeness (QED) is 0.0846. The number of carbonyl (C=O) groups excluding carboxylic acids is 1. The second-order valence-corrected chi connectivity index (χ2v) is 15.9. The van der Waals surface area contributed by atoms with Gasteiger partial charge in [-0.25, -0.2) is 34.7 Å². The minimum absolute atomic E-state index is 0.354. The van der Waals surface area contributed by atoms with Crippen LogP contribution in [0, 0.1) is 0 Å². The molecule has 2 amide bonds. The van der Waals surface area contributed by atoms with Crippen molar-refractivity contribution in [3.8, 4) is 46.3 Å². The normalized spacial score (nSPS) is 14.5. The molecule has 2 saturated heterocycles. The SMILES string of the molecule is COc1cc2c(Oc3cnc4[nH]ccc4c3)ncnc2cc1OCCCN1CCN(C(N)=O)CC1.COc1cc2c(Oc3cnc4[nH]ccc4c3)ncnc2cc1OCCCN1CCNCC1. The number of H-pyrrole nitrogens is 2. The van der Waals surface area contributed by atoms with Gasteiger partial charge in [-0.05, 0) is 49.2 Å². The van der Waals surface area contributed by atoms with E-state index in [0.29, 0.717) is 83.5 Å². The van der Waals surface area contributed by atoms with Crippen molar-refractivity contribution in [1.82, 2.24) is 59.9 Å². The molecule has 20 heteroatoms. The fourth-order valence-electron chi connectivity index (χ4n) is 8.03. The lowest BCUT2D eigenvalue weighted by atomic mass is 10.2. The Morgan fingerprint density at radius 2 is 1.10 bits per heavy atom. The number of methoxy groups -OCH3 is 2. The number of fused-ring (bicyclic) bond motifs is 4. The number of rotatable bonds is 16. The van der Waals surface area contributed by atoms with Crippen LogP contribution in [0.4, 0.5) is 4.79 Å². The van der Waals surface area contributed by atoms with Crippen molar-refractivity contribution < 1.29 is 33.2 Å². The third-order valence-electron chi connectivity index (χ3n) is 11.6. The lowest BCUT2D eigenvalue weighted by molar-refractivity contribution is 0.138. The predicted molar refractivity (Wildman–Crippen MR) is 252 cm³/mol. The Balaban J connectivity index is 0.000000169. The van der Waals surface area contributed by atoms with E-state index in [1.807, 2.05) is 60.9 Å². The first-order valence-corrected chi connectivity index (χ1v) is 22.2. The van der Waals surface area contributed by atoms with Crippen LogP contribution in [0.3, 0.4) is 0 Å². The van der Waals surface area contributed by atoms with Gasteiger partial charge < -0.3 is 59.2 Å². The lowest BCUT2D eigenvalue weighted by Gasteiger charge is -2.33. The van der Waals surface area contributed by atoms with Gasteiger partial charge >= 0.3 is 6.03 Å². The zero-order valence-electron chi connectivity index (χ0n) is 37.4. The highest BCUT2D eigenvalue weighted by molar-refractivity contribution is 5.88. The fraction of sp³-hybridized carbons (Fsp3) is 0.340. The Kier molecular flexibility index (Phi) is 14.1. The van der Waals surface area contributed by atoms with Crippen LogP contribution in [0.1, 0.15) is 12.8 Å². The van der Waals surface area contributed by atoms with Crippen molar-refractivity contribution in [3.63, 3.8) is 0 Å². The summed E-state index contributed by atoms with van der Waals surface area (Å²) < 4.78 is 35.3. The third kappa shape index (κ3) is 10.9. The van der Waals surface area contributed by atoms with Gasteiger partial charge in [0.25, 0.3) is 0 Å². The summed E-state index contributed by atoms with van der Waals surface area (Å²) in [6, 6.07) is 14.7. The molecule has 2 fully saturated rings. The van der Waals surface area contributed by atoms with Crippen LogP contribution >= 0.6 is 0 Å². The molecule has 0 bridgehead atoms. The van der Waals surface area contributed by atoms with E-state index >= 15 is 0 Å². The van der Waals surface area contributed by atoms with E-state index in [1.165, 1.54) is 12.7 Å². The van der Waals surface area contributed by atoms with Crippen molar-refractivity contribution in [2.75, 3.05) is 92.9 Å². The van der Waals surface area contributed by atoms with Gasteiger partial charge in [-0.3, -0.25) is 4.90 Å². The minimum atomic E-state index is -0.354. The number of nitrogens with zero attached hydrogens (tertiary/aromatic N) is 9. The summed E-state index contributed by atoms with van der Waals surface area (Å²) >= 11 is 0. The van der Waals surface area contributed by atoms with E-state index in [1.54, 1.807) is 31.5 Å². The van der Waals surface area contributed by atoms with Crippen LogP contribution in [0.5, 0.6) is 46.3 Å². The van der Waals surface area contributed by atoms with Crippen LogP contribution in [-0.2, 0) is 0 Å². The van der Waals surface area contributed by atoms with E-state index in [4.69, 9.17) is 34.2 Å². The maximum Gasteiger partial charge on any atom is 0.314 e. The molecule has 2 aliphatic rings. The Labute approximate surface area is 385 Å². The molecule has 67 heavy (non-hydrogen) atoms. The van der Waals surface area contributed by atoms with Crippen LogP contribution in [0.25, 0.3) is 43.9 Å². The van der Waals surface area contributed by atoms with Crippen LogP contribution in [0.15, 0.2) is 86.0 Å². The number of nitrogens with two attached hydrogens (primary N) is 1. The highest BCUT2D eigenvalue weighted by Crippen LogP contribution is 2.38. The molecule has 0 saturated carbocycles. The van der Waals surface area contributed by atoms with Crippen molar-refractivity contribution in [1.29, 1.82) is 0 Å². The monoisotopic (exact) mass is 911 g/mol. The molecular formula is C47H53N13O7. The molecule has 6 aromatic heterocycles. The zero-order valence-corrected chi connectivity index (χ0v) is 37.4. The number of primary amides is 1. The summed E-state index contributed by atoms with van der Waals surface area (Å²) in [4.78, 5) is 50.0. The van der Waals surface area contributed by atoms with Gasteiger partial charge in [0.2, 0.25) is 11.8 Å². The van der Waals surface area contributed by atoms with E-state index in [-0.39, 0.29) is 6.03 Å². The lowest BCUT2D eigenvalue weighted by Crippen LogP contribution is -2.50. The maximum absolute atomic E-state index is 11.3. The topological polar surface area (TPSA) is 229 Å². The summed E-state index contributed by atoms with van der Waals surface area (Å²) in [5.74, 6) is 4.50. The number of pyridine rings is 2. The number of hydrogen-bond acceptors (Lipinski definition) is 16. The van der Waals surface area contributed by atoms with Gasteiger partial charge in [0.1, 0.15) is 35.4 Å². The first-order valence-electron chi connectivity index (χ1n) is 22.2. The molecule has 5 N–H and O–H groups in total. The molecule has 0 aliphatic carbocycles. The number of carbonyl (C=O) groups is 1. The molecule has 20 nitrogen and oxygen atoms in total. The maximum atomic E-state index is 11.3. The summed E-state index contributed by atoms with van der Waals surface area (Å²) in [5.41, 5.74) is 8.36. The second kappa shape index (κ2) is 21.2. The summed E-state index contributed by atoms with van der Waals surface area (Å²) in [6.07, 6.45) is 11.7. The van der Waals surface area contributed by atoms with Crippen molar-refractivity contribution >= 4 is 49.9 Å². The number of benzene rings is 2. The van der Waals surface area contributed by atoms with E-state index < -0.39 is 0 Å². The van der Waals surface area contributed by atoms with Crippen molar-refractivity contribution in [2.45, 2.75) is 12.8 Å². The molecule has 8 aromatic rings. The Hall–Kier alpha value is -7.55. The molecule has 0 atom stereocenters. The number of hydrogen-bond donors (Lipinski definition) is 4. The van der Waals surface area contributed by atoms with E-state index in [2.05, 4.69) is 55.0 Å². The third-order valence-corrected chi connectivity index (χ3v) is 11.6. The number of piperazine rings is 2. The van der Waals surface area contributed by atoms with Gasteiger partial charge in [-0.15, -0.1) is 0 Å². The molecule has 2 aliphatic heterocycles. The highest BCUT2D eigenvalue weighted by atomic mass is 16.5. The zero-order chi connectivity index (χ0) is 46.0. The number of amides is 2.